The molecule has 0 spiro atoms. The van der Waals surface area contributed by atoms with Gasteiger partial charge in [0.15, 0.2) is 6.79 Å². The molecule has 24 heavy (non-hydrogen) atoms. The Hall–Kier alpha value is -1.67. The molecule has 0 atom stereocenters. The van der Waals surface area contributed by atoms with Gasteiger partial charge in [-0.15, -0.1) is 5.10 Å². The molecule has 2 aliphatic rings. The molecule has 4 rings (SSSR count). The van der Waals surface area contributed by atoms with E-state index < -0.39 is 0 Å². The van der Waals surface area contributed by atoms with Crippen LogP contribution in [0, 0.1) is 5.82 Å². The number of rotatable bonds is 4. The first-order valence-corrected chi connectivity index (χ1v) is 9.22. The van der Waals surface area contributed by atoms with E-state index in [9.17, 15) is 4.39 Å². The second kappa shape index (κ2) is 7.06. The Balaban J connectivity index is 1.52. The van der Waals surface area contributed by atoms with E-state index in [1.165, 1.54) is 43.2 Å². The molecule has 1 aliphatic carbocycles. The molecule has 0 bridgehead atoms. The molecule has 0 unspecified atom stereocenters. The minimum Gasteiger partial charge on any atom is -0.467 e. The van der Waals surface area contributed by atoms with Crippen molar-refractivity contribution in [2.24, 2.45) is 0 Å². The number of tetrazole rings is 1. The van der Waals surface area contributed by atoms with Crippen LogP contribution in [0.25, 0.3) is 0 Å². The summed E-state index contributed by atoms with van der Waals surface area (Å²) in [5.41, 5.74) is 1.57. The molecule has 6 nitrogen and oxygen atoms in total. The molecule has 1 aromatic heterocycles. The molecule has 0 N–H and O–H groups in total. The Morgan fingerprint density at radius 2 is 2.12 bits per heavy atom. The van der Waals surface area contributed by atoms with Crippen LogP contribution in [0.15, 0.2) is 17.3 Å². The van der Waals surface area contributed by atoms with E-state index in [-0.39, 0.29) is 12.6 Å². The summed E-state index contributed by atoms with van der Waals surface area (Å²) in [6.45, 7) is 0.584. The maximum atomic E-state index is 13.8. The minimum atomic E-state index is -0.273. The Bertz CT molecular complexity index is 718. The molecule has 2 heterocycles. The van der Waals surface area contributed by atoms with Crippen LogP contribution in [0.4, 0.5) is 4.39 Å². The highest BCUT2D eigenvalue weighted by Gasteiger charge is 2.22. The zero-order chi connectivity index (χ0) is 16.4. The van der Waals surface area contributed by atoms with Crippen LogP contribution in [-0.2, 0) is 17.1 Å². The van der Waals surface area contributed by atoms with Crippen LogP contribution in [0.1, 0.15) is 49.3 Å². The second-order valence-corrected chi connectivity index (χ2v) is 7.09. The number of benzene rings is 1. The van der Waals surface area contributed by atoms with Crippen molar-refractivity contribution >= 4 is 11.8 Å². The van der Waals surface area contributed by atoms with Crippen molar-refractivity contribution < 1.29 is 13.9 Å². The molecule has 1 saturated carbocycles. The summed E-state index contributed by atoms with van der Waals surface area (Å²) in [5.74, 6) is 1.02. The molecule has 0 radical (unpaired) electrons. The summed E-state index contributed by atoms with van der Waals surface area (Å²) >= 11 is 1.52. The third kappa shape index (κ3) is 3.25. The minimum absolute atomic E-state index is 0.204. The topological polar surface area (TPSA) is 62.1 Å². The molecule has 1 aliphatic heterocycles. The average Bonchev–Trinajstić information content (AvgIpc) is 3.09. The van der Waals surface area contributed by atoms with Crippen LogP contribution >= 0.6 is 11.8 Å². The fraction of sp³-hybridized carbons (Fsp3) is 0.562. The highest BCUT2D eigenvalue weighted by Crippen LogP contribution is 2.35. The monoisotopic (exact) mass is 350 g/mol. The fourth-order valence-electron chi connectivity index (χ4n) is 3.34. The van der Waals surface area contributed by atoms with Crippen LogP contribution in [0.5, 0.6) is 5.75 Å². The van der Waals surface area contributed by atoms with Gasteiger partial charge in [-0.3, -0.25) is 0 Å². The number of aromatic nitrogens is 4. The van der Waals surface area contributed by atoms with Crippen LogP contribution < -0.4 is 4.74 Å². The molecular formula is C16H19FN4O2S. The van der Waals surface area contributed by atoms with Gasteiger partial charge in [0.1, 0.15) is 11.6 Å². The zero-order valence-electron chi connectivity index (χ0n) is 13.3. The largest absolute Gasteiger partial charge is 0.467 e. The summed E-state index contributed by atoms with van der Waals surface area (Å²) in [6.07, 6.45) is 5.97. The number of halogens is 1. The molecule has 128 valence electrons. The van der Waals surface area contributed by atoms with Crippen molar-refractivity contribution in [2.75, 3.05) is 6.79 Å². The lowest BCUT2D eigenvalue weighted by Crippen LogP contribution is -2.15. The smallest absolute Gasteiger partial charge is 0.209 e. The maximum absolute atomic E-state index is 13.8. The highest BCUT2D eigenvalue weighted by molar-refractivity contribution is 7.98. The lowest BCUT2D eigenvalue weighted by molar-refractivity contribution is -0.0171. The normalized spacial score (nSPS) is 18.2. The van der Waals surface area contributed by atoms with E-state index in [1.807, 2.05) is 4.68 Å². The number of nitrogens with zero attached hydrogens (tertiary/aromatic N) is 4. The van der Waals surface area contributed by atoms with Gasteiger partial charge >= 0.3 is 0 Å². The van der Waals surface area contributed by atoms with Gasteiger partial charge < -0.3 is 9.47 Å². The van der Waals surface area contributed by atoms with Gasteiger partial charge in [0.2, 0.25) is 5.16 Å². The zero-order valence-corrected chi connectivity index (χ0v) is 14.1. The quantitative estimate of drug-likeness (QED) is 0.787. The van der Waals surface area contributed by atoms with E-state index >= 15 is 0 Å². The van der Waals surface area contributed by atoms with Gasteiger partial charge in [0.25, 0.3) is 0 Å². The summed E-state index contributed by atoms with van der Waals surface area (Å²) < 4.78 is 26.5. The van der Waals surface area contributed by atoms with E-state index in [0.717, 1.165) is 34.9 Å². The highest BCUT2D eigenvalue weighted by atomic mass is 32.2. The average molecular weight is 350 g/mol. The third-order valence-corrected chi connectivity index (χ3v) is 5.47. The molecule has 1 fully saturated rings. The van der Waals surface area contributed by atoms with Crippen molar-refractivity contribution in [2.45, 2.75) is 55.7 Å². The lowest BCUT2D eigenvalue weighted by Gasteiger charge is -2.22. The van der Waals surface area contributed by atoms with Crippen molar-refractivity contribution in [1.82, 2.24) is 20.2 Å². The Morgan fingerprint density at radius 3 is 3.00 bits per heavy atom. The summed E-state index contributed by atoms with van der Waals surface area (Å²) in [7, 11) is 0. The molecule has 0 amide bonds. The number of fused-ring (bicyclic) bond motifs is 1. The van der Waals surface area contributed by atoms with E-state index in [1.54, 1.807) is 0 Å². The number of hydrogen-bond donors (Lipinski definition) is 0. The first-order chi connectivity index (χ1) is 11.8. The van der Waals surface area contributed by atoms with Gasteiger partial charge in [0.05, 0.1) is 12.6 Å². The van der Waals surface area contributed by atoms with Crippen LogP contribution in [0.3, 0.4) is 0 Å². The standard InChI is InChI=1S/C16H19FN4O2S/c17-13-6-11-8-22-10-23-15(11)12(7-13)9-24-16-18-19-20-21(16)14-4-2-1-3-5-14/h6-7,14H,1-5,8-10H2. The predicted octanol–water partition coefficient (Wildman–Crippen LogP) is 3.48. The van der Waals surface area contributed by atoms with Crippen molar-refractivity contribution in [3.8, 4) is 5.75 Å². The lowest BCUT2D eigenvalue weighted by atomic mass is 9.96. The predicted molar refractivity (Wildman–Crippen MR) is 86.2 cm³/mol. The van der Waals surface area contributed by atoms with Gasteiger partial charge in [0, 0.05) is 16.9 Å². The maximum Gasteiger partial charge on any atom is 0.209 e. The number of thioether (sulfide) groups is 1. The van der Waals surface area contributed by atoms with E-state index in [0.29, 0.717) is 18.4 Å². The van der Waals surface area contributed by atoms with Crippen molar-refractivity contribution in [3.63, 3.8) is 0 Å². The molecule has 1 aromatic carbocycles. The van der Waals surface area contributed by atoms with Crippen molar-refractivity contribution in [3.05, 3.63) is 29.1 Å². The molecule has 2 aromatic rings. The first kappa shape index (κ1) is 15.8. The summed E-state index contributed by atoms with van der Waals surface area (Å²) in [6, 6.07) is 3.36. The summed E-state index contributed by atoms with van der Waals surface area (Å²) in [5, 5.41) is 12.9. The van der Waals surface area contributed by atoms with Gasteiger partial charge in [-0.25, -0.2) is 9.07 Å². The summed E-state index contributed by atoms with van der Waals surface area (Å²) in [4.78, 5) is 0. The molecular weight excluding hydrogens is 331 g/mol. The first-order valence-electron chi connectivity index (χ1n) is 8.24. The fourth-order valence-corrected chi connectivity index (χ4v) is 4.25. The molecule has 0 saturated heterocycles. The van der Waals surface area contributed by atoms with Gasteiger partial charge in [-0.2, -0.15) is 0 Å². The van der Waals surface area contributed by atoms with E-state index in [2.05, 4.69) is 15.5 Å². The van der Waals surface area contributed by atoms with E-state index in [4.69, 9.17) is 9.47 Å². The van der Waals surface area contributed by atoms with Gasteiger partial charge in [-0.1, -0.05) is 31.0 Å². The Labute approximate surface area is 143 Å². The third-order valence-electron chi connectivity index (χ3n) is 4.49. The number of hydrogen-bond acceptors (Lipinski definition) is 6. The second-order valence-electron chi connectivity index (χ2n) is 6.15. The SMILES string of the molecule is Fc1cc2c(c(CSc3nnnn3C3CCCCC3)c1)OCOC2. The van der Waals surface area contributed by atoms with Crippen molar-refractivity contribution in [1.29, 1.82) is 0 Å². The van der Waals surface area contributed by atoms with Crippen LogP contribution in [-0.4, -0.2) is 27.0 Å². The Morgan fingerprint density at radius 1 is 1.25 bits per heavy atom. The molecule has 8 heteroatoms. The van der Waals surface area contributed by atoms with Crippen LogP contribution in [0.2, 0.25) is 0 Å². The number of ether oxygens (including phenoxy) is 2. The van der Waals surface area contributed by atoms with Gasteiger partial charge in [-0.05, 0) is 35.4 Å². The Kier molecular flexibility index (Phi) is 4.66.